The fraction of sp³-hybridized carbons (Fsp3) is 0.0526. The van der Waals surface area contributed by atoms with Crippen LogP contribution in [0, 0.1) is 5.82 Å². The lowest BCUT2D eigenvalue weighted by Gasteiger charge is -2.06. The number of pyridine rings is 1. The number of nitrogens with zero attached hydrogens (tertiary/aromatic N) is 2. The molecule has 0 atom stereocenters. The molecule has 2 aromatic heterocycles. The summed E-state index contributed by atoms with van der Waals surface area (Å²) in [5.74, 6) is -0.146. The summed E-state index contributed by atoms with van der Waals surface area (Å²) in [4.78, 5) is 16.3. The molecule has 0 saturated heterocycles. The van der Waals surface area contributed by atoms with E-state index in [0.717, 1.165) is 10.8 Å². The molecular formula is C19H14FN3O. The Balaban J connectivity index is 2.10. The van der Waals surface area contributed by atoms with Crippen molar-refractivity contribution >= 4 is 28.1 Å². The lowest BCUT2D eigenvalue weighted by atomic mass is 10.1. The average molecular weight is 319 g/mol. The van der Waals surface area contributed by atoms with Gasteiger partial charge in [0.2, 0.25) is 5.91 Å². The standard InChI is InChI=1S/C19H14FN3O/c1-12(24)21-19-17(15-8-4-5-9-16(15)20)22-18-14-7-3-2-6-13(14)10-11-23(18)19/h2-11H,1H3,(H,21,24). The van der Waals surface area contributed by atoms with Crippen molar-refractivity contribution in [2.45, 2.75) is 6.92 Å². The molecule has 1 N–H and O–H groups in total. The van der Waals surface area contributed by atoms with E-state index in [-0.39, 0.29) is 11.7 Å². The van der Waals surface area contributed by atoms with E-state index in [1.54, 1.807) is 22.6 Å². The van der Waals surface area contributed by atoms with E-state index in [1.807, 2.05) is 36.5 Å². The summed E-state index contributed by atoms with van der Waals surface area (Å²) in [6.45, 7) is 1.42. The van der Waals surface area contributed by atoms with E-state index in [1.165, 1.54) is 13.0 Å². The van der Waals surface area contributed by atoms with Gasteiger partial charge in [-0.2, -0.15) is 0 Å². The summed E-state index contributed by atoms with van der Waals surface area (Å²) in [5, 5.41) is 4.75. The molecular weight excluding hydrogens is 305 g/mol. The quantitative estimate of drug-likeness (QED) is 0.600. The Morgan fingerprint density at radius 1 is 1.08 bits per heavy atom. The largest absolute Gasteiger partial charge is 0.310 e. The number of aromatic nitrogens is 2. The SMILES string of the molecule is CC(=O)Nc1c(-c2ccccc2F)nc2c3ccccc3ccn12. The molecule has 0 spiro atoms. The Hall–Kier alpha value is -3.21. The Morgan fingerprint density at radius 2 is 1.83 bits per heavy atom. The number of hydrogen-bond acceptors (Lipinski definition) is 2. The van der Waals surface area contributed by atoms with Gasteiger partial charge in [-0.15, -0.1) is 0 Å². The Morgan fingerprint density at radius 3 is 2.62 bits per heavy atom. The molecule has 24 heavy (non-hydrogen) atoms. The first-order valence-electron chi connectivity index (χ1n) is 7.57. The number of nitrogens with one attached hydrogen (secondary N) is 1. The van der Waals surface area contributed by atoms with E-state index in [4.69, 9.17) is 0 Å². The number of rotatable bonds is 2. The highest BCUT2D eigenvalue weighted by atomic mass is 19.1. The Labute approximate surface area is 137 Å². The first kappa shape index (κ1) is 14.4. The predicted octanol–water partition coefficient (Wildman–Crippen LogP) is 4.25. The molecule has 118 valence electrons. The molecule has 0 unspecified atom stereocenters. The number of fused-ring (bicyclic) bond motifs is 3. The summed E-state index contributed by atoms with van der Waals surface area (Å²) in [5.41, 5.74) is 1.45. The molecule has 0 aliphatic rings. The summed E-state index contributed by atoms with van der Waals surface area (Å²) < 4.78 is 16.1. The Bertz CT molecular complexity index is 1080. The van der Waals surface area contributed by atoms with Crippen LogP contribution in [0.1, 0.15) is 6.92 Å². The molecule has 0 saturated carbocycles. The van der Waals surface area contributed by atoms with Crippen molar-refractivity contribution in [1.82, 2.24) is 9.38 Å². The maximum atomic E-state index is 14.3. The molecule has 0 fully saturated rings. The number of hydrogen-bond donors (Lipinski definition) is 1. The van der Waals surface area contributed by atoms with E-state index < -0.39 is 0 Å². The van der Waals surface area contributed by atoms with Gasteiger partial charge in [0.15, 0.2) is 0 Å². The molecule has 4 nitrogen and oxygen atoms in total. The average Bonchev–Trinajstić information content (AvgIpc) is 2.93. The van der Waals surface area contributed by atoms with Crippen LogP contribution in [0.15, 0.2) is 60.8 Å². The number of carbonyl (C=O) groups is 1. The first-order valence-corrected chi connectivity index (χ1v) is 7.57. The monoisotopic (exact) mass is 319 g/mol. The van der Waals surface area contributed by atoms with Crippen LogP contribution >= 0.6 is 0 Å². The minimum atomic E-state index is -0.378. The first-order chi connectivity index (χ1) is 11.6. The zero-order valence-corrected chi connectivity index (χ0v) is 13.0. The minimum absolute atomic E-state index is 0.234. The van der Waals surface area contributed by atoms with Gasteiger partial charge in [-0.05, 0) is 23.6 Å². The summed E-state index contributed by atoms with van der Waals surface area (Å²) in [7, 11) is 0. The van der Waals surface area contributed by atoms with Gasteiger partial charge in [-0.25, -0.2) is 9.37 Å². The molecule has 0 aliphatic carbocycles. The third kappa shape index (κ3) is 2.22. The minimum Gasteiger partial charge on any atom is -0.310 e. The summed E-state index contributed by atoms with van der Waals surface area (Å²) >= 11 is 0. The molecule has 2 heterocycles. The van der Waals surface area contributed by atoms with Crippen molar-refractivity contribution in [2.75, 3.05) is 5.32 Å². The van der Waals surface area contributed by atoms with Crippen LogP contribution in [0.5, 0.6) is 0 Å². The van der Waals surface area contributed by atoms with Crippen molar-refractivity contribution in [3.8, 4) is 11.3 Å². The molecule has 4 rings (SSSR count). The van der Waals surface area contributed by atoms with Crippen molar-refractivity contribution < 1.29 is 9.18 Å². The predicted molar refractivity (Wildman–Crippen MR) is 92.4 cm³/mol. The van der Waals surface area contributed by atoms with Gasteiger partial charge in [-0.3, -0.25) is 9.20 Å². The summed E-state index contributed by atoms with van der Waals surface area (Å²) in [6, 6.07) is 16.2. The second kappa shape index (κ2) is 5.45. The molecule has 2 aromatic carbocycles. The summed E-state index contributed by atoms with van der Waals surface area (Å²) in [6.07, 6.45) is 1.83. The number of benzene rings is 2. The van der Waals surface area contributed by atoms with E-state index in [0.29, 0.717) is 22.7 Å². The molecule has 4 aromatic rings. The zero-order valence-electron chi connectivity index (χ0n) is 13.0. The topological polar surface area (TPSA) is 46.4 Å². The number of carbonyl (C=O) groups excluding carboxylic acids is 1. The maximum absolute atomic E-state index is 14.3. The van der Waals surface area contributed by atoms with Crippen LogP contribution < -0.4 is 5.32 Å². The highest BCUT2D eigenvalue weighted by Crippen LogP contribution is 2.33. The lowest BCUT2D eigenvalue weighted by Crippen LogP contribution is -2.09. The second-order valence-electron chi connectivity index (χ2n) is 5.57. The van der Waals surface area contributed by atoms with E-state index >= 15 is 0 Å². The van der Waals surface area contributed by atoms with Crippen molar-refractivity contribution in [3.05, 3.63) is 66.6 Å². The normalized spacial score (nSPS) is 11.1. The maximum Gasteiger partial charge on any atom is 0.222 e. The molecule has 0 bridgehead atoms. The molecule has 0 aliphatic heterocycles. The lowest BCUT2D eigenvalue weighted by molar-refractivity contribution is -0.114. The van der Waals surface area contributed by atoms with Crippen LogP contribution in [0.4, 0.5) is 10.2 Å². The van der Waals surface area contributed by atoms with Gasteiger partial charge < -0.3 is 5.32 Å². The van der Waals surface area contributed by atoms with Crippen molar-refractivity contribution in [1.29, 1.82) is 0 Å². The smallest absolute Gasteiger partial charge is 0.222 e. The number of imidazole rings is 1. The molecule has 5 heteroatoms. The molecule has 0 radical (unpaired) electrons. The van der Waals surface area contributed by atoms with Gasteiger partial charge in [-0.1, -0.05) is 36.4 Å². The van der Waals surface area contributed by atoms with Crippen molar-refractivity contribution in [3.63, 3.8) is 0 Å². The number of amides is 1. The third-order valence-corrected chi connectivity index (χ3v) is 3.94. The van der Waals surface area contributed by atoms with Gasteiger partial charge in [0.05, 0.1) is 0 Å². The van der Waals surface area contributed by atoms with Crippen LogP contribution in [0.3, 0.4) is 0 Å². The zero-order chi connectivity index (χ0) is 16.7. The van der Waals surface area contributed by atoms with Crippen LogP contribution in [-0.4, -0.2) is 15.3 Å². The Kier molecular flexibility index (Phi) is 3.27. The fourth-order valence-electron chi connectivity index (χ4n) is 2.90. The highest BCUT2D eigenvalue weighted by molar-refractivity contribution is 5.99. The van der Waals surface area contributed by atoms with E-state index in [2.05, 4.69) is 10.3 Å². The van der Waals surface area contributed by atoms with Gasteiger partial charge >= 0.3 is 0 Å². The van der Waals surface area contributed by atoms with Gasteiger partial charge in [0.1, 0.15) is 23.0 Å². The number of halogens is 1. The highest BCUT2D eigenvalue weighted by Gasteiger charge is 2.19. The van der Waals surface area contributed by atoms with Crippen LogP contribution in [0.2, 0.25) is 0 Å². The van der Waals surface area contributed by atoms with Gasteiger partial charge in [0.25, 0.3) is 0 Å². The third-order valence-electron chi connectivity index (χ3n) is 3.94. The fourth-order valence-corrected chi connectivity index (χ4v) is 2.90. The molecule has 1 amide bonds. The van der Waals surface area contributed by atoms with E-state index in [9.17, 15) is 9.18 Å². The number of anilines is 1. The van der Waals surface area contributed by atoms with Crippen LogP contribution in [-0.2, 0) is 4.79 Å². The van der Waals surface area contributed by atoms with Gasteiger partial charge in [0, 0.05) is 24.1 Å². The van der Waals surface area contributed by atoms with Crippen molar-refractivity contribution in [2.24, 2.45) is 0 Å². The van der Waals surface area contributed by atoms with Crippen LogP contribution in [0.25, 0.3) is 27.7 Å². The second-order valence-corrected chi connectivity index (χ2v) is 5.57.